The molecule has 0 aliphatic carbocycles. The van der Waals surface area contributed by atoms with E-state index in [-0.39, 0.29) is 16.5 Å². The molecule has 5 heteroatoms. The summed E-state index contributed by atoms with van der Waals surface area (Å²) < 4.78 is 1.46. The molecule has 2 aromatic carbocycles. The first-order chi connectivity index (χ1) is 20.5. The molecule has 3 rings (SSSR count). The van der Waals surface area contributed by atoms with E-state index in [4.69, 9.17) is 10.2 Å². The molecule has 0 radical (unpaired) electrons. The van der Waals surface area contributed by atoms with E-state index >= 15 is 0 Å². The first-order valence-corrected chi connectivity index (χ1v) is 16.8. The number of aliphatic hydroxyl groups excluding tert-OH is 2. The Bertz CT molecular complexity index is 1070. The van der Waals surface area contributed by atoms with Gasteiger partial charge in [-0.2, -0.15) is 0 Å². The largest absolute Gasteiger partial charge is 0.493 e. The molecule has 0 aromatic heterocycles. The fourth-order valence-electron chi connectivity index (χ4n) is 4.87. The van der Waals surface area contributed by atoms with Gasteiger partial charge in [0.1, 0.15) is 0 Å². The van der Waals surface area contributed by atoms with Crippen LogP contribution in [0.2, 0.25) is 0 Å². The molecule has 2 aromatic rings. The number of nitrogens with zero attached hydrogens (tertiary/aromatic N) is 2. The number of allylic oxidation sites excluding steroid dienone is 2. The van der Waals surface area contributed by atoms with Gasteiger partial charge in [-0.15, -0.1) is 0 Å². The quantitative estimate of drug-likeness (QED) is 0.103. The minimum absolute atomic E-state index is 0. The third kappa shape index (κ3) is 16.0. The number of unbranched alkanes of at least 4 members (excludes halogenated alkanes) is 7. The maximum Gasteiger partial charge on any atom is 0.210 e. The van der Waals surface area contributed by atoms with Crippen LogP contribution in [0.1, 0.15) is 140 Å². The van der Waals surface area contributed by atoms with Crippen molar-refractivity contribution < 1.29 is 31.4 Å². The Kier molecular flexibility index (Phi) is 25.1. The van der Waals surface area contributed by atoms with Gasteiger partial charge in [0, 0.05) is 52.5 Å². The summed E-state index contributed by atoms with van der Waals surface area (Å²) in [4.78, 5) is 0. The van der Waals surface area contributed by atoms with E-state index < -0.39 is 0 Å². The molecular weight excluding hydrogens is 575 g/mol. The van der Waals surface area contributed by atoms with Gasteiger partial charge in [0.15, 0.2) is 0 Å². The average molecular weight is 636 g/mol. The van der Waals surface area contributed by atoms with Crippen LogP contribution in [0.25, 0.3) is 16.9 Å². The van der Waals surface area contributed by atoms with Gasteiger partial charge in [0.2, 0.25) is 11.4 Å². The minimum atomic E-state index is 0. The predicted molar refractivity (Wildman–Crippen MR) is 181 cm³/mol. The maximum atomic E-state index is 11.4. The van der Waals surface area contributed by atoms with Crippen LogP contribution in [-0.2, 0) is 29.3 Å². The summed E-state index contributed by atoms with van der Waals surface area (Å²) in [5, 5.41) is 15.8. The van der Waals surface area contributed by atoms with Crippen molar-refractivity contribution in [2.45, 2.75) is 131 Å². The zero-order valence-electron chi connectivity index (χ0n) is 27.8. The summed E-state index contributed by atoms with van der Waals surface area (Å²) >= 11 is 0. The van der Waals surface area contributed by atoms with Crippen LogP contribution in [0.3, 0.4) is 0 Å². The molecule has 244 valence electrons. The Morgan fingerprint density at radius 2 is 1.05 bits per heavy atom. The van der Waals surface area contributed by atoms with Gasteiger partial charge in [0.25, 0.3) is 0 Å². The van der Waals surface area contributed by atoms with E-state index in [1.807, 2.05) is 13.8 Å². The van der Waals surface area contributed by atoms with Crippen LogP contribution in [0.4, 0.5) is 0 Å². The predicted octanol–water partition coefficient (Wildman–Crippen LogP) is 10.7. The number of benzene rings is 2. The Hall–Kier alpha value is -2.07. The topological polar surface area (TPSA) is 65.8 Å². The normalized spacial score (nSPS) is 12.2. The third-order valence-electron chi connectivity index (χ3n) is 7.36. The molecule has 0 saturated heterocycles. The molecule has 1 aliphatic rings. The van der Waals surface area contributed by atoms with Crippen molar-refractivity contribution in [3.8, 4) is 0 Å². The summed E-state index contributed by atoms with van der Waals surface area (Å²) in [5.74, 6) is 0. The molecule has 1 heterocycles. The summed E-state index contributed by atoms with van der Waals surface area (Å²) in [6.07, 6.45) is 19.7. The Labute approximate surface area is 274 Å². The van der Waals surface area contributed by atoms with E-state index in [0.29, 0.717) is 13.2 Å². The fraction of sp³-hybridized carbons (Fsp3) is 0.579. The molecule has 0 atom stereocenters. The molecular formula is C38H60N2NiO2. The monoisotopic (exact) mass is 634 g/mol. The van der Waals surface area contributed by atoms with Gasteiger partial charge in [-0.1, -0.05) is 104 Å². The van der Waals surface area contributed by atoms with Gasteiger partial charge in [-0.25, -0.2) is 4.70 Å². The van der Waals surface area contributed by atoms with Crippen molar-refractivity contribution in [2.24, 2.45) is 0 Å². The van der Waals surface area contributed by atoms with Crippen LogP contribution in [0.5, 0.6) is 0 Å². The minimum Gasteiger partial charge on any atom is -0.493 e. The average Bonchev–Trinajstić information content (AvgIpc) is 3.36. The van der Waals surface area contributed by atoms with Crippen LogP contribution >= 0.6 is 0 Å². The zero-order valence-corrected chi connectivity index (χ0v) is 28.8. The Balaban J connectivity index is 0.00000174. The first-order valence-electron chi connectivity index (χ1n) is 16.8. The number of hydrogen-bond donors (Lipinski definition) is 2. The van der Waals surface area contributed by atoms with Crippen molar-refractivity contribution in [2.75, 3.05) is 13.2 Å². The van der Waals surface area contributed by atoms with Crippen LogP contribution in [-0.4, -0.2) is 28.1 Å². The first kappa shape index (κ1) is 40.9. The SMILES string of the molecule is CCCCCCCCC1=C(c2cccc(CCCC)c2)[N+](=[N-])C(c2cccc(CCCC)c2)=C1.CCCO.CCCO.[Ni]. The third-order valence-corrected chi connectivity index (χ3v) is 7.36. The smallest absolute Gasteiger partial charge is 0.210 e. The number of rotatable bonds is 17. The van der Waals surface area contributed by atoms with E-state index in [1.165, 1.54) is 85.6 Å². The molecule has 0 unspecified atom stereocenters. The van der Waals surface area contributed by atoms with E-state index in [1.54, 1.807) is 0 Å². The second kappa shape index (κ2) is 26.3. The van der Waals surface area contributed by atoms with Crippen molar-refractivity contribution in [1.29, 1.82) is 0 Å². The number of aliphatic hydroxyl groups is 2. The standard InChI is InChI=1S/C32H44N2.2C3H8O.Ni/c1-4-7-10-11-12-13-20-30-25-31(28-21-14-18-26(23-28)16-8-5-2)34(33)32(30)29-22-15-19-27(24-29)17-9-6-3;2*1-2-3-4;/h14-15,18-19,21-25H,4-13,16-17,20H2,1-3H3;2*4H,2-3H2,1H3;. The number of aryl methyl sites for hydroxylation is 2. The summed E-state index contributed by atoms with van der Waals surface area (Å²) in [6.45, 7) is 11.2. The number of hydrogen-bond acceptors (Lipinski definition) is 2. The van der Waals surface area contributed by atoms with Crippen molar-refractivity contribution in [1.82, 2.24) is 0 Å². The van der Waals surface area contributed by atoms with E-state index in [2.05, 4.69) is 75.4 Å². The zero-order chi connectivity index (χ0) is 31.0. The van der Waals surface area contributed by atoms with Crippen LogP contribution < -0.4 is 0 Å². The van der Waals surface area contributed by atoms with Gasteiger partial charge in [-0.05, 0) is 86.8 Å². The van der Waals surface area contributed by atoms with Crippen LogP contribution in [0.15, 0.2) is 60.2 Å². The fourth-order valence-corrected chi connectivity index (χ4v) is 4.87. The summed E-state index contributed by atoms with van der Waals surface area (Å²) in [5.41, 5.74) is 19.5. The molecule has 4 nitrogen and oxygen atoms in total. The van der Waals surface area contributed by atoms with Gasteiger partial charge >= 0.3 is 0 Å². The summed E-state index contributed by atoms with van der Waals surface area (Å²) in [6, 6.07) is 17.5. The molecule has 0 bridgehead atoms. The molecule has 0 spiro atoms. The molecule has 0 fully saturated rings. The second-order valence-electron chi connectivity index (χ2n) is 11.3. The van der Waals surface area contributed by atoms with E-state index in [9.17, 15) is 5.53 Å². The van der Waals surface area contributed by atoms with Gasteiger partial charge in [0.05, 0.1) is 0 Å². The molecule has 43 heavy (non-hydrogen) atoms. The van der Waals surface area contributed by atoms with Gasteiger partial charge < -0.3 is 15.7 Å². The van der Waals surface area contributed by atoms with Crippen molar-refractivity contribution in [3.05, 3.63) is 88.0 Å². The summed E-state index contributed by atoms with van der Waals surface area (Å²) in [7, 11) is 0. The second-order valence-corrected chi connectivity index (χ2v) is 11.3. The van der Waals surface area contributed by atoms with Crippen LogP contribution in [0, 0.1) is 0 Å². The van der Waals surface area contributed by atoms with Crippen molar-refractivity contribution >= 4 is 11.4 Å². The molecule has 2 N–H and O–H groups in total. The Morgan fingerprint density at radius 1 is 0.581 bits per heavy atom. The molecule has 1 aliphatic heterocycles. The maximum absolute atomic E-state index is 11.4. The van der Waals surface area contributed by atoms with Gasteiger partial charge in [-0.3, -0.25) is 0 Å². The Morgan fingerprint density at radius 3 is 1.56 bits per heavy atom. The van der Waals surface area contributed by atoms with E-state index in [0.717, 1.165) is 54.6 Å². The molecule has 0 amide bonds. The van der Waals surface area contributed by atoms with Crippen molar-refractivity contribution in [3.63, 3.8) is 0 Å². The molecule has 0 saturated carbocycles.